The molecule has 0 aliphatic rings. The van der Waals surface area contributed by atoms with Crippen molar-refractivity contribution in [3.05, 3.63) is 97.2 Å². The molecule has 6 heteroatoms. The summed E-state index contributed by atoms with van der Waals surface area (Å²) in [6, 6.07) is 0. The molecule has 0 spiro atoms. The van der Waals surface area contributed by atoms with Crippen molar-refractivity contribution in [3.8, 4) is 0 Å². The third-order valence-corrected chi connectivity index (χ3v) is 14.8. The molecule has 0 aromatic heterocycles. The minimum absolute atomic E-state index is 0.0849. The summed E-state index contributed by atoms with van der Waals surface area (Å²) in [5, 5.41) is 0. The lowest BCUT2D eigenvalue weighted by Gasteiger charge is -2.18. The van der Waals surface area contributed by atoms with Crippen LogP contribution in [0.3, 0.4) is 0 Å². The molecule has 0 heterocycles. The van der Waals surface area contributed by atoms with Crippen molar-refractivity contribution < 1.29 is 28.6 Å². The molecule has 6 nitrogen and oxygen atoms in total. The number of esters is 3. The standard InChI is InChI=1S/C74H128O6/c1-4-7-10-13-16-19-22-25-28-30-31-32-33-34-35-36-37-38-39-40-41-42-43-44-47-49-52-55-58-61-64-67-73(76)79-70-71(69-78-72(75)66-63-60-57-54-51-48-45-27-24-21-18-15-12-9-6-3)80-74(77)68-65-62-59-56-53-50-46-29-26-23-20-17-14-11-8-5-2/h7,10,16,18-21,23,25,27-29,31-32,45-46,71H,4-6,8-9,11-15,17,22,24,26,30,33-44,47-70H2,1-3H3/b10-7-,19-16-,21-18-,23-20-,28-25-,32-31-,45-27-,46-29-. The van der Waals surface area contributed by atoms with Gasteiger partial charge >= 0.3 is 17.9 Å². The summed E-state index contributed by atoms with van der Waals surface area (Å²) in [6.45, 7) is 6.49. The Morgan fingerprint density at radius 3 is 0.787 bits per heavy atom. The molecule has 1 unspecified atom stereocenters. The molecule has 1 atom stereocenters. The number of hydrogen-bond acceptors (Lipinski definition) is 6. The minimum Gasteiger partial charge on any atom is -0.462 e. The van der Waals surface area contributed by atoms with Gasteiger partial charge in [0.25, 0.3) is 0 Å². The van der Waals surface area contributed by atoms with Gasteiger partial charge in [-0.05, 0) is 122 Å². The van der Waals surface area contributed by atoms with E-state index in [1.54, 1.807) is 0 Å². The first-order chi connectivity index (χ1) is 39.5. The lowest BCUT2D eigenvalue weighted by molar-refractivity contribution is -0.167. The van der Waals surface area contributed by atoms with Crippen molar-refractivity contribution in [3.63, 3.8) is 0 Å². The summed E-state index contributed by atoms with van der Waals surface area (Å²) in [5.74, 6) is -0.899. The fourth-order valence-electron chi connectivity index (χ4n) is 9.67. The van der Waals surface area contributed by atoms with E-state index in [9.17, 15) is 14.4 Å². The molecule has 80 heavy (non-hydrogen) atoms. The molecule has 0 amide bonds. The van der Waals surface area contributed by atoms with Crippen LogP contribution in [0.25, 0.3) is 0 Å². The van der Waals surface area contributed by atoms with Gasteiger partial charge in [0.05, 0.1) is 0 Å². The summed E-state index contributed by atoms with van der Waals surface area (Å²) >= 11 is 0. The predicted molar refractivity (Wildman–Crippen MR) is 348 cm³/mol. The summed E-state index contributed by atoms with van der Waals surface area (Å²) < 4.78 is 16.9. The van der Waals surface area contributed by atoms with Crippen molar-refractivity contribution in [1.82, 2.24) is 0 Å². The smallest absolute Gasteiger partial charge is 0.306 e. The van der Waals surface area contributed by atoms with Crippen molar-refractivity contribution >= 4 is 17.9 Å². The second kappa shape index (κ2) is 67.8. The van der Waals surface area contributed by atoms with Crippen LogP contribution in [0, 0.1) is 0 Å². The summed E-state index contributed by atoms with van der Waals surface area (Å²) in [4.78, 5) is 38.4. The van der Waals surface area contributed by atoms with E-state index >= 15 is 0 Å². The van der Waals surface area contributed by atoms with E-state index in [-0.39, 0.29) is 31.1 Å². The van der Waals surface area contributed by atoms with Crippen LogP contribution in [0.5, 0.6) is 0 Å². The molecule has 0 radical (unpaired) electrons. The van der Waals surface area contributed by atoms with Crippen LogP contribution >= 0.6 is 0 Å². The van der Waals surface area contributed by atoms with Crippen LogP contribution in [0.4, 0.5) is 0 Å². The van der Waals surface area contributed by atoms with E-state index in [4.69, 9.17) is 14.2 Å². The van der Waals surface area contributed by atoms with Gasteiger partial charge < -0.3 is 14.2 Å². The molecule has 0 saturated heterocycles. The molecule has 0 aliphatic carbocycles. The fourth-order valence-corrected chi connectivity index (χ4v) is 9.67. The van der Waals surface area contributed by atoms with Crippen molar-refractivity contribution in [2.24, 2.45) is 0 Å². The van der Waals surface area contributed by atoms with E-state index in [1.165, 1.54) is 167 Å². The van der Waals surface area contributed by atoms with Gasteiger partial charge in [0.2, 0.25) is 0 Å². The van der Waals surface area contributed by atoms with E-state index < -0.39 is 6.10 Å². The van der Waals surface area contributed by atoms with Crippen LogP contribution in [0.2, 0.25) is 0 Å². The van der Waals surface area contributed by atoms with Crippen molar-refractivity contribution in [2.75, 3.05) is 13.2 Å². The zero-order valence-corrected chi connectivity index (χ0v) is 52.8. The van der Waals surface area contributed by atoms with Gasteiger partial charge in [0, 0.05) is 19.3 Å². The molecular formula is C74H128O6. The van der Waals surface area contributed by atoms with Gasteiger partial charge in [-0.2, -0.15) is 0 Å². The molecule has 0 aromatic rings. The lowest BCUT2D eigenvalue weighted by Crippen LogP contribution is -2.30. The Hall–Kier alpha value is -3.67. The Labute approximate surface area is 496 Å². The molecule has 0 aliphatic heterocycles. The number of hydrogen-bond donors (Lipinski definition) is 0. The Morgan fingerprint density at radius 1 is 0.263 bits per heavy atom. The summed E-state index contributed by atoms with van der Waals surface area (Å²) in [7, 11) is 0. The van der Waals surface area contributed by atoms with Crippen LogP contribution < -0.4 is 0 Å². The van der Waals surface area contributed by atoms with Gasteiger partial charge in [-0.25, -0.2) is 0 Å². The van der Waals surface area contributed by atoms with Gasteiger partial charge in [-0.3, -0.25) is 14.4 Å². The maximum absolute atomic E-state index is 12.9. The highest BCUT2D eigenvalue weighted by atomic mass is 16.6. The fraction of sp³-hybridized carbons (Fsp3) is 0.743. The van der Waals surface area contributed by atoms with E-state index in [2.05, 4.69) is 118 Å². The van der Waals surface area contributed by atoms with Crippen molar-refractivity contribution in [2.45, 2.75) is 341 Å². The zero-order chi connectivity index (χ0) is 57.8. The van der Waals surface area contributed by atoms with E-state index in [0.717, 1.165) is 128 Å². The number of ether oxygens (including phenoxy) is 3. The second-order valence-electron chi connectivity index (χ2n) is 22.7. The first-order valence-electron chi connectivity index (χ1n) is 34.2. The largest absolute Gasteiger partial charge is 0.462 e. The minimum atomic E-state index is -0.791. The molecule has 0 saturated carbocycles. The van der Waals surface area contributed by atoms with Crippen LogP contribution in [0.1, 0.15) is 335 Å². The molecule has 0 fully saturated rings. The molecule has 0 aromatic carbocycles. The highest BCUT2D eigenvalue weighted by Gasteiger charge is 2.19. The quantitative estimate of drug-likeness (QED) is 0.0261. The van der Waals surface area contributed by atoms with Gasteiger partial charge in [0.1, 0.15) is 13.2 Å². The Kier molecular flexibility index (Phi) is 64.7. The Morgan fingerprint density at radius 2 is 0.487 bits per heavy atom. The summed E-state index contributed by atoms with van der Waals surface area (Å²) in [6.07, 6.45) is 91.4. The Bertz CT molecular complexity index is 1560. The maximum atomic E-state index is 12.9. The van der Waals surface area contributed by atoms with E-state index in [1.807, 2.05) is 0 Å². The predicted octanol–water partition coefficient (Wildman–Crippen LogP) is 23.6. The van der Waals surface area contributed by atoms with Crippen LogP contribution in [0.15, 0.2) is 97.2 Å². The van der Waals surface area contributed by atoms with Crippen molar-refractivity contribution in [1.29, 1.82) is 0 Å². The normalized spacial score (nSPS) is 12.7. The highest BCUT2D eigenvalue weighted by molar-refractivity contribution is 5.71. The SMILES string of the molecule is CC/C=C\C/C=C\C/C=C\C/C=C\CCCCCCCCCCCCCCCCCCCCC(=O)OCC(COC(=O)CCCCCCC/C=C\C/C=C\CCCCC)OC(=O)CCCCCCC/C=C\C/C=C\CCCCCC. The molecular weight excluding hydrogens is 985 g/mol. The zero-order valence-electron chi connectivity index (χ0n) is 52.8. The first kappa shape index (κ1) is 76.3. The third-order valence-electron chi connectivity index (χ3n) is 14.8. The third kappa shape index (κ3) is 65.1. The number of allylic oxidation sites excluding steroid dienone is 16. The first-order valence-corrected chi connectivity index (χ1v) is 34.2. The number of carbonyl (C=O) groups is 3. The molecule has 460 valence electrons. The lowest BCUT2D eigenvalue weighted by atomic mass is 10.0. The van der Waals surface area contributed by atoms with E-state index in [0.29, 0.717) is 19.3 Å². The van der Waals surface area contributed by atoms with Crippen LogP contribution in [-0.2, 0) is 28.6 Å². The highest BCUT2D eigenvalue weighted by Crippen LogP contribution is 2.17. The monoisotopic (exact) mass is 1110 g/mol. The molecule has 0 rings (SSSR count). The number of rotatable bonds is 62. The second-order valence-corrected chi connectivity index (χ2v) is 22.7. The van der Waals surface area contributed by atoms with Crippen LogP contribution in [-0.4, -0.2) is 37.2 Å². The maximum Gasteiger partial charge on any atom is 0.306 e. The number of carbonyl (C=O) groups excluding carboxylic acids is 3. The van der Waals surface area contributed by atoms with Gasteiger partial charge in [0.15, 0.2) is 6.10 Å². The average molecular weight is 1110 g/mol. The summed E-state index contributed by atoms with van der Waals surface area (Å²) in [5.41, 5.74) is 0. The topological polar surface area (TPSA) is 78.9 Å². The number of unbranched alkanes of at least 4 members (excludes halogenated alkanes) is 35. The molecule has 0 bridgehead atoms. The van der Waals surface area contributed by atoms with Gasteiger partial charge in [-0.15, -0.1) is 0 Å². The van der Waals surface area contributed by atoms with Gasteiger partial charge in [-0.1, -0.05) is 291 Å². The Balaban J connectivity index is 4.23. The molecule has 0 N–H and O–H groups in total. The average Bonchev–Trinajstić information content (AvgIpc) is 3.46.